The standard InChI is InChI=1S/C21H21N9O3.C2H4O2/c1-32-15-10-13(11-26-19(15)33-2)16(27-14-6-4-12(5-7-14)17(22)23)18-28-21(31)30(29-18)20-24-8-3-9-25-20;1-2(3)4/h3-11,16,27H,1-2H3,(H3,22,23)(H,28,29,31);1H3,(H,3,4)/t16-;/m0./s1. The van der Waals surface area contributed by atoms with Crippen molar-refractivity contribution in [1.29, 1.82) is 5.41 Å². The zero-order valence-corrected chi connectivity index (χ0v) is 20.2. The number of carbonyl (C=O) groups is 1. The zero-order chi connectivity index (χ0) is 26.9. The van der Waals surface area contributed by atoms with Crippen molar-refractivity contribution in [3.63, 3.8) is 0 Å². The number of methoxy groups -OCH3 is 2. The summed E-state index contributed by atoms with van der Waals surface area (Å²) in [6.07, 6.45) is 4.64. The first-order chi connectivity index (χ1) is 17.7. The number of H-pyrrole nitrogens is 1. The molecule has 14 heteroatoms. The van der Waals surface area contributed by atoms with E-state index in [1.54, 1.807) is 42.6 Å². The summed E-state index contributed by atoms with van der Waals surface area (Å²) >= 11 is 0. The summed E-state index contributed by atoms with van der Waals surface area (Å²) in [7, 11) is 3.01. The SMILES string of the molecule is CC(=O)O.COc1cc([C@H](Nc2ccc(C(=N)N)cc2)c2nn(-c3ncccn3)c(=O)[nH]2)cnc1OC. The minimum atomic E-state index is -0.833. The molecule has 37 heavy (non-hydrogen) atoms. The van der Waals surface area contributed by atoms with Crippen LogP contribution in [-0.2, 0) is 4.79 Å². The van der Waals surface area contributed by atoms with Crippen LogP contribution in [0.15, 0.2) is 59.8 Å². The summed E-state index contributed by atoms with van der Waals surface area (Å²) in [5.74, 6) is 0.314. The van der Waals surface area contributed by atoms with Crippen LogP contribution in [0.2, 0.25) is 0 Å². The molecule has 0 fully saturated rings. The predicted octanol–water partition coefficient (Wildman–Crippen LogP) is 1.34. The second-order valence-corrected chi connectivity index (χ2v) is 7.34. The van der Waals surface area contributed by atoms with Crippen LogP contribution in [0, 0.1) is 5.41 Å². The van der Waals surface area contributed by atoms with Gasteiger partial charge in [0.1, 0.15) is 11.9 Å². The normalized spacial score (nSPS) is 11.0. The Kier molecular flexibility index (Phi) is 8.49. The van der Waals surface area contributed by atoms with Crippen LogP contribution in [0.5, 0.6) is 11.6 Å². The van der Waals surface area contributed by atoms with Gasteiger partial charge in [0.2, 0.25) is 0 Å². The van der Waals surface area contributed by atoms with Crippen molar-refractivity contribution in [3.05, 3.63) is 82.4 Å². The van der Waals surface area contributed by atoms with Crippen molar-refractivity contribution in [2.24, 2.45) is 5.73 Å². The summed E-state index contributed by atoms with van der Waals surface area (Å²) in [6.45, 7) is 1.08. The summed E-state index contributed by atoms with van der Waals surface area (Å²) in [5.41, 5.74) is 6.99. The smallest absolute Gasteiger partial charge is 0.350 e. The molecule has 6 N–H and O–H groups in total. The van der Waals surface area contributed by atoms with E-state index < -0.39 is 17.7 Å². The summed E-state index contributed by atoms with van der Waals surface area (Å²) in [4.78, 5) is 36.8. The number of nitrogens with two attached hydrogens (primary N) is 1. The minimum absolute atomic E-state index is 0.0341. The fraction of sp³-hybridized carbons (Fsp3) is 0.174. The fourth-order valence-electron chi connectivity index (χ4n) is 3.13. The number of aromatic nitrogens is 6. The van der Waals surface area contributed by atoms with Crippen molar-refractivity contribution in [2.45, 2.75) is 13.0 Å². The van der Waals surface area contributed by atoms with Gasteiger partial charge < -0.3 is 25.6 Å². The number of benzene rings is 1. The number of aliphatic carboxylic acids is 1. The molecule has 192 valence electrons. The number of anilines is 1. The van der Waals surface area contributed by atoms with Gasteiger partial charge in [-0.05, 0) is 36.4 Å². The van der Waals surface area contributed by atoms with Crippen molar-refractivity contribution in [1.82, 2.24) is 29.7 Å². The number of carboxylic acids is 1. The van der Waals surface area contributed by atoms with Gasteiger partial charge in [0.05, 0.1) is 14.2 Å². The Morgan fingerprint density at radius 3 is 2.38 bits per heavy atom. The number of hydrogen-bond acceptors (Lipinski definition) is 10. The quantitative estimate of drug-likeness (QED) is 0.170. The second kappa shape index (κ2) is 11.9. The maximum absolute atomic E-state index is 12.6. The molecule has 1 aromatic carbocycles. The number of carboxylic acid groups (broad SMARTS) is 1. The lowest BCUT2D eigenvalue weighted by Gasteiger charge is -2.19. The van der Waals surface area contributed by atoms with Crippen LogP contribution < -0.4 is 26.2 Å². The highest BCUT2D eigenvalue weighted by atomic mass is 16.5. The van der Waals surface area contributed by atoms with Gasteiger partial charge >= 0.3 is 5.69 Å². The lowest BCUT2D eigenvalue weighted by molar-refractivity contribution is -0.134. The molecule has 1 atom stereocenters. The van der Waals surface area contributed by atoms with Crippen molar-refractivity contribution >= 4 is 17.5 Å². The molecule has 0 saturated heterocycles. The highest BCUT2D eigenvalue weighted by Gasteiger charge is 2.23. The molecule has 0 spiro atoms. The molecule has 4 rings (SSSR count). The predicted molar refractivity (Wildman–Crippen MR) is 133 cm³/mol. The largest absolute Gasteiger partial charge is 0.491 e. The molecule has 0 aliphatic rings. The fourth-order valence-corrected chi connectivity index (χ4v) is 3.13. The molecule has 0 saturated carbocycles. The van der Waals surface area contributed by atoms with Gasteiger partial charge in [-0.2, -0.15) is 0 Å². The Morgan fingerprint density at radius 1 is 1.16 bits per heavy atom. The van der Waals surface area contributed by atoms with Crippen molar-refractivity contribution in [3.8, 4) is 17.6 Å². The molecule has 0 aliphatic carbocycles. The van der Waals surface area contributed by atoms with Crippen molar-refractivity contribution < 1.29 is 19.4 Å². The first-order valence-electron chi connectivity index (χ1n) is 10.7. The van der Waals surface area contributed by atoms with Crippen molar-refractivity contribution in [2.75, 3.05) is 19.5 Å². The van der Waals surface area contributed by atoms with Crippen LogP contribution in [0.4, 0.5) is 5.69 Å². The average Bonchev–Trinajstić information content (AvgIpc) is 3.28. The molecule has 3 heterocycles. The number of nitrogen functional groups attached to an aromatic ring is 1. The monoisotopic (exact) mass is 507 g/mol. The van der Waals surface area contributed by atoms with E-state index >= 15 is 0 Å². The van der Waals surface area contributed by atoms with E-state index in [2.05, 4.69) is 30.4 Å². The lowest BCUT2D eigenvalue weighted by Crippen LogP contribution is -2.18. The van der Waals surface area contributed by atoms with Gasteiger partial charge in [-0.15, -0.1) is 9.78 Å². The number of nitrogens with zero attached hydrogens (tertiary/aromatic N) is 5. The molecule has 0 unspecified atom stereocenters. The Bertz CT molecular complexity index is 1410. The van der Waals surface area contributed by atoms with Crippen LogP contribution >= 0.6 is 0 Å². The molecule has 0 amide bonds. The third kappa shape index (κ3) is 6.66. The molecule has 0 radical (unpaired) electrons. The number of nitrogens with one attached hydrogen (secondary N) is 3. The minimum Gasteiger partial charge on any atom is -0.491 e. The van der Waals surface area contributed by atoms with E-state index in [0.29, 0.717) is 34.3 Å². The van der Waals surface area contributed by atoms with E-state index in [1.165, 1.54) is 26.6 Å². The first kappa shape index (κ1) is 26.3. The molecule has 0 bridgehead atoms. The molecular formula is C23H25N9O5. The lowest BCUT2D eigenvalue weighted by atomic mass is 10.1. The summed E-state index contributed by atoms with van der Waals surface area (Å²) in [5, 5.41) is 22.7. The van der Waals surface area contributed by atoms with E-state index in [-0.39, 0.29) is 11.8 Å². The zero-order valence-electron chi connectivity index (χ0n) is 20.2. The molecule has 4 aromatic rings. The Morgan fingerprint density at radius 2 is 1.81 bits per heavy atom. The van der Waals surface area contributed by atoms with Gasteiger partial charge in [-0.1, -0.05) is 0 Å². The number of amidine groups is 1. The summed E-state index contributed by atoms with van der Waals surface area (Å²) in [6, 6.07) is 9.73. The molecule has 14 nitrogen and oxygen atoms in total. The van der Waals surface area contributed by atoms with E-state index in [4.69, 9.17) is 30.5 Å². The topological polar surface area (TPSA) is 207 Å². The number of ether oxygens (including phenoxy) is 2. The van der Waals surface area contributed by atoms with Crippen LogP contribution in [-0.4, -0.2) is 60.8 Å². The van der Waals surface area contributed by atoms with E-state index in [1.807, 2.05) is 0 Å². The number of rotatable bonds is 8. The van der Waals surface area contributed by atoms with Crippen LogP contribution in [0.3, 0.4) is 0 Å². The van der Waals surface area contributed by atoms with Crippen LogP contribution in [0.1, 0.15) is 29.9 Å². The Balaban J connectivity index is 0.000000886. The van der Waals surface area contributed by atoms with Gasteiger partial charge in [-0.3, -0.25) is 15.2 Å². The highest BCUT2D eigenvalue weighted by molar-refractivity contribution is 5.95. The van der Waals surface area contributed by atoms with Gasteiger partial charge in [0.15, 0.2) is 11.6 Å². The summed E-state index contributed by atoms with van der Waals surface area (Å²) < 4.78 is 11.7. The molecular weight excluding hydrogens is 482 g/mol. The maximum atomic E-state index is 12.6. The number of hydrogen-bond donors (Lipinski definition) is 5. The third-order valence-corrected chi connectivity index (χ3v) is 4.74. The van der Waals surface area contributed by atoms with Crippen LogP contribution in [0.25, 0.3) is 5.95 Å². The third-order valence-electron chi connectivity index (χ3n) is 4.74. The molecule has 0 aliphatic heterocycles. The number of aromatic amines is 1. The maximum Gasteiger partial charge on any atom is 0.350 e. The highest BCUT2D eigenvalue weighted by Crippen LogP contribution is 2.31. The van der Waals surface area contributed by atoms with Gasteiger partial charge in [0, 0.05) is 42.3 Å². The average molecular weight is 508 g/mol. The van der Waals surface area contributed by atoms with E-state index in [9.17, 15) is 4.79 Å². The van der Waals surface area contributed by atoms with Gasteiger partial charge in [-0.25, -0.2) is 19.7 Å². The van der Waals surface area contributed by atoms with Gasteiger partial charge in [0.25, 0.3) is 17.8 Å². The van der Waals surface area contributed by atoms with E-state index in [0.717, 1.165) is 11.6 Å². The Hall–Kier alpha value is -5.27. The molecule has 3 aromatic heterocycles. The Labute approximate surface area is 210 Å². The first-order valence-corrected chi connectivity index (χ1v) is 10.7. The number of pyridine rings is 1. The second-order valence-electron chi connectivity index (χ2n) is 7.34.